The zero-order valence-corrected chi connectivity index (χ0v) is 16.9. The summed E-state index contributed by atoms with van der Waals surface area (Å²) in [5.41, 5.74) is -0.199. The summed E-state index contributed by atoms with van der Waals surface area (Å²) in [5.74, 6) is 0.963. The minimum atomic E-state index is -0.613. The zero-order chi connectivity index (χ0) is 19.4. The van der Waals surface area contributed by atoms with Crippen LogP contribution in [0.3, 0.4) is 0 Å². The van der Waals surface area contributed by atoms with Crippen molar-refractivity contribution in [2.24, 2.45) is 7.05 Å². The second kappa shape index (κ2) is 6.05. The number of hydrogen-bond acceptors (Lipinski definition) is 7. The normalized spacial score (nSPS) is 16.3. The Morgan fingerprint density at radius 1 is 1.41 bits per heavy atom. The van der Waals surface area contributed by atoms with E-state index in [-0.39, 0.29) is 0 Å². The predicted octanol–water partition coefficient (Wildman–Crippen LogP) is 3.90. The number of fused-ring (bicyclic) bond motifs is 1. The summed E-state index contributed by atoms with van der Waals surface area (Å²) in [6.45, 7) is 7.49. The monoisotopic (exact) mass is 389 g/mol. The third-order valence-electron chi connectivity index (χ3n) is 4.71. The molecule has 3 heterocycles. The fraction of sp³-hybridized carbons (Fsp3) is 0.556. The molecule has 1 saturated carbocycles. The van der Waals surface area contributed by atoms with Crippen molar-refractivity contribution in [1.82, 2.24) is 25.2 Å². The maximum Gasteiger partial charge on any atom is 0.408 e. The molecular formula is C18H23N5O3S. The Morgan fingerprint density at radius 2 is 2.15 bits per heavy atom. The van der Waals surface area contributed by atoms with E-state index < -0.39 is 17.2 Å². The number of rotatable bonds is 3. The van der Waals surface area contributed by atoms with Gasteiger partial charge in [-0.05, 0) is 53.0 Å². The van der Waals surface area contributed by atoms with E-state index in [9.17, 15) is 4.79 Å². The third kappa shape index (κ3) is 3.20. The highest BCUT2D eigenvalue weighted by atomic mass is 32.1. The number of hydrogen-bond donors (Lipinski definition) is 1. The van der Waals surface area contributed by atoms with Gasteiger partial charge in [-0.25, -0.2) is 4.79 Å². The van der Waals surface area contributed by atoms with E-state index in [2.05, 4.69) is 20.6 Å². The lowest BCUT2D eigenvalue weighted by Crippen LogP contribution is -2.52. The summed E-state index contributed by atoms with van der Waals surface area (Å²) >= 11 is 1.56. The molecule has 0 unspecified atom stereocenters. The molecule has 0 saturated heterocycles. The van der Waals surface area contributed by atoms with Crippen LogP contribution in [0.4, 0.5) is 4.79 Å². The topological polar surface area (TPSA) is 95.1 Å². The van der Waals surface area contributed by atoms with Crippen molar-refractivity contribution < 1.29 is 14.1 Å². The first-order chi connectivity index (χ1) is 12.7. The Kier molecular flexibility index (Phi) is 4.03. The van der Waals surface area contributed by atoms with Gasteiger partial charge in [-0.15, -0.1) is 11.3 Å². The van der Waals surface area contributed by atoms with Crippen molar-refractivity contribution >= 4 is 27.6 Å². The first kappa shape index (κ1) is 18.0. The fourth-order valence-corrected chi connectivity index (χ4v) is 4.31. The summed E-state index contributed by atoms with van der Waals surface area (Å²) in [5, 5.41) is 12.6. The first-order valence-corrected chi connectivity index (χ1v) is 9.77. The van der Waals surface area contributed by atoms with Crippen LogP contribution in [0.15, 0.2) is 10.6 Å². The Labute approximate surface area is 160 Å². The highest BCUT2D eigenvalue weighted by Gasteiger charge is 2.45. The van der Waals surface area contributed by atoms with E-state index in [1.807, 2.05) is 45.5 Å². The Hall–Kier alpha value is -2.42. The lowest BCUT2D eigenvalue weighted by atomic mass is 9.76. The maximum atomic E-state index is 12.2. The van der Waals surface area contributed by atoms with Crippen LogP contribution in [0.5, 0.6) is 0 Å². The van der Waals surface area contributed by atoms with Gasteiger partial charge in [-0.1, -0.05) is 5.16 Å². The van der Waals surface area contributed by atoms with Crippen LogP contribution in [0.1, 0.15) is 51.6 Å². The van der Waals surface area contributed by atoms with Crippen molar-refractivity contribution in [2.45, 2.75) is 58.1 Å². The number of carbonyl (C=O) groups is 1. The number of nitrogens with one attached hydrogen (secondary N) is 1. The number of amides is 1. The molecule has 0 radical (unpaired) electrons. The predicted molar refractivity (Wildman–Crippen MR) is 102 cm³/mol. The summed E-state index contributed by atoms with van der Waals surface area (Å²) in [4.78, 5) is 18.8. The van der Waals surface area contributed by atoms with Gasteiger partial charge in [0.2, 0.25) is 0 Å². The molecule has 1 amide bonds. The number of ether oxygens (including phenoxy) is 1. The van der Waals surface area contributed by atoms with Crippen molar-refractivity contribution in [3.8, 4) is 10.8 Å². The molecule has 9 heteroatoms. The quantitative estimate of drug-likeness (QED) is 0.730. The van der Waals surface area contributed by atoms with E-state index in [4.69, 9.17) is 9.26 Å². The van der Waals surface area contributed by atoms with Crippen molar-refractivity contribution in [3.05, 3.63) is 17.6 Å². The molecule has 8 nitrogen and oxygen atoms in total. The SMILES string of the molecule is Cc1nn(C)c2sc(-c3nc(C4(NC(=O)OC(C)(C)C)CCC4)no3)cc12. The zero-order valence-electron chi connectivity index (χ0n) is 16.1. The minimum Gasteiger partial charge on any atom is -0.444 e. The number of carbonyl (C=O) groups excluding carboxylic acids is 1. The Balaban J connectivity index is 1.60. The standard InChI is InChI=1S/C18H23N5O3S/c1-10-11-9-12(27-14(11)23(5)21-10)13-19-15(22-26-13)18(7-6-8-18)20-16(24)25-17(2,3)4/h9H,6-8H2,1-5H3,(H,20,24). The molecule has 3 aromatic rings. The fourth-order valence-electron chi connectivity index (χ4n) is 3.26. The molecule has 0 aliphatic heterocycles. The smallest absolute Gasteiger partial charge is 0.408 e. The Bertz CT molecular complexity index is 972. The van der Waals surface area contributed by atoms with Gasteiger partial charge in [0.05, 0.1) is 10.6 Å². The van der Waals surface area contributed by atoms with Crippen LogP contribution >= 0.6 is 11.3 Å². The number of aryl methyl sites for hydroxylation is 2. The van der Waals surface area contributed by atoms with E-state index in [1.165, 1.54) is 0 Å². The molecule has 1 N–H and O–H groups in total. The summed E-state index contributed by atoms with van der Waals surface area (Å²) in [7, 11) is 1.92. The molecule has 1 aliphatic carbocycles. The first-order valence-electron chi connectivity index (χ1n) is 8.96. The molecule has 0 atom stereocenters. The van der Waals surface area contributed by atoms with Crippen molar-refractivity contribution in [1.29, 1.82) is 0 Å². The van der Waals surface area contributed by atoms with Crippen molar-refractivity contribution in [3.63, 3.8) is 0 Å². The third-order valence-corrected chi connectivity index (χ3v) is 5.90. The van der Waals surface area contributed by atoms with Crippen LogP contribution in [-0.4, -0.2) is 31.6 Å². The molecule has 27 heavy (non-hydrogen) atoms. The van der Waals surface area contributed by atoms with Crippen LogP contribution in [-0.2, 0) is 17.3 Å². The highest BCUT2D eigenvalue weighted by molar-refractivity contribution is 7.21. The molecule has 3 aromatic heterocycles. The van der Waals surface area contributed by atoms with Gasteiger partial charge in [-0.3, -0.25) is 4.68 Å². The van der Waals surface area contributed by atoms with Crippen LogP contribution in [0, 0.1) is 6.92 Å². The number of alkyl carbamates (subject to hydrolysis) is 1. The van der Waals surface area contributed by atoms with Gasteiger partial charge in [0.1, 0.15) is 16.0 Å². The maximum absolute atomic E-state index is 12.2. The summed E-state index contributed by atoms with van der Waals surface area (Å²) in [6, 6.07) is 2.02. The van der Waals surface area contributed by atoms with Gasteiger partial charge in [0.25, 0.3) is 5.89 Å². The second-order valence-corrected chi connectivity index (χ2v) is 9.05. The lowest BCUT2D eigenvalue weighted by Gasteiger charge is -2.39. The van der Waals surface area contributed by atoms with E-state index in [0.717, 1.165) is 40.1 Å². The number of thiophene rings is 1. The molecule has 4 rings (SSSR count). The molecule has 0 bridgehead atoms. The molecule has 0 spiro atoms. The highest BCUT2D eigenvalue weighted by Crippen LogP contribution is 2.41. The summed E-state index contributed by atoms with van der Waals surface area (Å²) < 4.78 is 12.8. The van der Waals surface area contributed by atoms with Crippen molar-refractivity contribution in [2.75, 3.05) is 0 Å². The Morgan fingerprint density at radius 3 is 2.74 bits per heavy atom. The molecular weight excluding hydrogens is 366 g/mol. The molecule has 144 valence electrons. The molecule has 1 fully saturated rings. The average Bonchev–Trinajstić information content (AvgIpc) is 3.19. The van der Waals surface area contributed by atoms with Gasteiger partial charge < -0.3 is 14.6 Å². The van der Waals surface area contributed by atoms with Crippen LogP contribution in [0.2, 0.25) is 0 Å². The molecule has 0 aromatic carbocycles. The van der Waals surface area contributed by atoms with Gasteiger partial charge in [0.15, 0.2) is 5.82 Å². The van der Waals surface area contributed by atoms with Gasteiger partial charge in [0, 0.05) is 12.4 Å². The average molecular weight is 389 g/mol. The van der Waals surface area contributed by atoms with E-state index >= 15 is 0 Å². The van der Waals surface area contributed by atoms with E-state index in [1.54, 1.807) is 11.3 Å². The molecule has 1 aliphatic rings. The van der Waals surface area contributed by atoms with Crippen LogP contribution < -0.4 is 5.32 Å². The lowest BCUT2D eigenvalue weighted by molar-refractivity contribution is 0.0362. The largest absolute Gasteiger partial charge is 0.444 e. The minimum absolute atomic E-state index is 0.461. The van der Waals surface area contributed by atoms with Gasteiger partial charge in [-0.2, -0.15) is 10.1 Å². The number of aromatic nitrogens is 4. The van der Waals surface area contributed by atoms with Crippen LogP contribution in [0.25, 0.3) is 21.0 Å². The summed E-state index contributed by atoms with van der Waals surface area (Å²) in [6.07, 6.45) is 2.06. The second-order valence-electron chi connectivity index (χ2n) is 8.02. The number of nitrogens with zero attached hydrogens (tertiary/aromatic N) is 4. The van der Waals surface area contributed by atoms with E-state index in [0.29, 0.717) is 11.7 Å². The van der Waals surface area contributed by atoms with Gasteiger partial charge >= 0.3 is 6.09 Å².